The highest BCUT2D eigenvalue weighted by atomic mass is 19.1. The number of carbonyl (C=O) groups is 1. The smallest absolute Gasteiger partial charge is 0.272 e. The lowest BCUT2D eigenvalue weighted by molar-refractivity contribution is 0.0661. The number of alkyl halides is 1. The number of nitrogens with zero attached hydrogens (tertiary/aromatic N) is 4. The topological polar surface area (TPSA) is 61.9 Å². The van der Waals surface area contributed by atoms with Crippen molar-refractivity contribution in [3.63, 3.8) is 0 Å². The molecule has 4 rings (SSSR count). The number of likely N-dealkylation sites (tertiary alicyclic amines) is 1. The second-order valence-corrected chi connectivity index (χ2v) is 6.44. The molecule has 1 fully saturated rings. The maximum absolute atomic E-state index is 13.3. The van der Waals surface area contributed by atoms with Crippen LogP contribution in [0.15, 0.2) is 48.8 Å². The standard InChI is InChI=1S/C20H17FN4O/c21-16-6-8-24(9-7-16)20(26)18-11-15-5-10-25(19(15)13-23-18)17-3-1-14(12-22)2-4-17/h1-5,10-11,13,16H,6-9H2. The Balaban J connectivity index is 1.63. The number of fused-ring (bicyclic) bond motifs is 1. The van der Waals surface area contributed by atoms with E-state index in [-0.39, 0.29) is 5.91 Å². The summed E-state index contributed by atoms with van der Waals surface area (Å²) < 4.78 is 15.2. The van der Waals surface area contributed by atoms with Gasteiger partial charge in [0.15, 0.2) is 0 Å². The fourth-order valence-electron chi connectivity index (χ4n) is 3.29. The van der Waals surface area contributed by atoms with E-state index < -0.39 is 6.17 Å². The summed E-state index contributed by atoms with van der Waals surface area (Å²) >= 11 is 0. The number of piperidine rings is 1. The first-order chi connectivity index (χ1) is 12.7. The number of rotatable bonds is 2. The van der Waals surface area contributed by atoms with Crippen molar-refractivity contribution in [3.05, 3.63) is 60.0 Å². The van der Waals surface area contributed by atoms with Gasteiger partial charge in [-0.1, -0.05) is 0 Å². The van der Waals surface area contributed by atoms with Gasteiger partial charge in [0.05, 0.1) is 23.3 Å². The summed E-state index contributed by atoms with van der Waals surface area (Å²) in [7, 11) is 0. The van der Waals surface area contributed by atoms with Gasteiger partial charge in [0.2, 0.25) is 0 Å². The first kappa shape index (κ1) is 16.3. The number of hydrogen-bond donors (Lipinski definition) is 0. The van der Waals surface area contributed by atoms with E-state index in [1.165, 1.54) is 0 Å². The Bertz CT molecular complexity index is 995. The van der Waals surface area contributed by atoms with E-state index in [1.807, 2.05) is 29.0 Å². The zero-order valence-corrected chi connectivity index (χ0v) is 14.1. The number of halogens is 1. The van der Waals surface area contributed by atoms with Gasteiger partial charge in [0.25, 0.3) is 5.91 Å². The highest BCUT2D eigenvalue weighted by Crippen LogP contribution is 2.22. The van der Waals surface area contributed by atoms with Gasteiger partial charge in [-0.25, -0.2) is 9.37 Å². The fraction of sp³-hybridized carbons (Fsp3) is 0.250. The van der Waals surface area contributed by atoms with Crippen LogP contribution in [0.5, 0.6) is 0 Å². The highest BCUT2D eigenvalue weighted by molar-refractivity contribution is 5.96. The SMILES string of the molecule is N#Cc1ccc(-n2ccc3cc(C(=O)N4CCC(F)CC4)ncc32)cc1. The third-order valence-corrected chi connectivity index (χ3v) is 4.78. The van der Waals surface area contributed by atoms with Gasteiger partial charge < -0.3 is 9.47 Å². The molecular formula is C20H17FN4O. The van der Waals surface area contributed by atoms with Crippen LogP contribution in [0.3, 0.4) is 0 Å². The molecule has 0 aliphatic carbocycles. The summed E-state index contributed by atoms with van der Waals surface area (Å²) in [5, 5.41) is 9.82. The highest BCUT2D eigenvalue weighted by Gasteiger charge is 2.24. The molecule has 1 aliphatic heterocycles. The second-order valence-electron chi connectivity index (χ2n) is 6.44. The zero-order valence-electron chi connectivity index (χ0n) is 14.1. The molecule has 6 heteroatoms. The predicted molar refractivity (Wildman–Crippen MR) is 95.8 cm³/mol. The third kappa shape index (κ3) is 2.93. The first-order valence-electron chi connectivity index (χ1n) is 8.57. The van der Waals surface area contributed by atoms with Crippen molar-refractivity contribution in [2.45, 2.75) is 19.0 Å². The van der Waals surface area contributed by atoms with Crippen LogP contribution in [0, 0.1) is 11.3 Å². The number of nitriles is 1. The normalized spacial score (nSPS) is 15.2. The molecule has 0 atom stereocenters. The van der Waals surface area contributed by atoms with E-state index in [4.69, 9.17) is 5.26 Å². The average Bonchev–Trinajstić information content (AvgIpc) is 3.11. The van der Waals surface area contributed by atoms with Crippen LogP contribution in [0.4, 0.5) is 4.39 Å². The van der Waals surface area contributed by atoms with Crippen LogP contribution < -0.4 is 0 Å². The van der Waals surface area contributed by atoms with Crippen LogP contribution in [0.25, 0.3) is 16.6 Å². The summed E-state index contributed by atoms with van der Waals surface area (Å²) in [5.74, 6) is -0.148. The number of benzene rings is 1. The lowest BCUT2D eigenvalue weighted by Crippen LogP contribution is -2.39. The Labute approximate surface area is 150 Å². The van der Waals surface area contributed by atoms with E-state index in [1.54, 1.807) is 29.3 Å². The van der Waals surface area contributed by atoms with Crippen molar-refractivity contribution in [1.29, 1.82) is 5.26 Å². The van der Waals surface area contributed by atoms with Crippen LogP contribution >= 0.6 is 0 Å². The van der Waals surface area contributed by atoms with Gasteiger partial charge in [-0.05, 0) is 49.2 Å². The van der Waals surface area contributed by atoms with Crippen LogP contribution in [0.1, 0.15) is 28.9 Å². The summed E-state index contributed by atoms with van der Waals surface area (Å²) in [6, 6.07) is 13.1. The summed E-state index contributed by atoms with van der Waals surface area (Å²) in [6.45, 7) is 0.873. The number of hydrogen-bond acceptors (Lipinski definition) is 3. The zero-order chi connectivity index (χ0) is 18.1. The minimum atomic E-state index is -0.809. The van der Waals surface area contributed by atoms with Crippen molar-refractivity contribution >= 4 is 16.8 Å². The second kappa shape index (κ2) is 6.60. The summed E-state index contributed by atoms with van der Waals surface area (Å²) in [5.41, 5.74) is 2.79. The number of amides is 1. The molecule has 26 heavy (non-hydrogen) atoms. The molecule has 0 saturated carbocycles. The Morgan fingerprint density at radius 1 is 1.19 bits per heavy atom. The molecule has 0 unspecified atom stereocenters. The molecule has 0 radical (unpaired) electrons. The molecule has 0 bridgehead atoms. The van der Waals surface area contributed by atoms with Crippen molar-refractivity contribution in [3.8, 4) is 11.8 Å². The number of aromatic nitrogens is 2. The maximum Gasteiger partial charge on any atom is 0.272 e. The van der Waals surface area contributed by atoms with Gasteiger partial charge in [0, 0.05) is 30.4 Å². The summed E-state index contributed by atoms with van der Waals surface area (Å²) in [4.78, 5) is 18.6. The predicted octanol–water partition coefficient (Wildman–Crippen LogP) is 3.47. The lowest BCUT2D eigenvalue weighted by Gasteiger charge is -2.28. The summed E-state index contributed by atoms with van der Waals surface area (Å²) in [6.07, 6.45) is 3.57. The van der Waals surface area contributed by atoms with Crippen molar-refractivity contribution in [2.24, 2.45) is 0 Å². The van der Waals surface area contributed by atoms with Crippen LogP contribution in [-0.2, 0) is 0 Å². The first-order valence-corrected chi connectivity index (χ1v) is 8.57. The molecule has 1 aliphatic rings. The minimum absolute atomic E-state index is 0.148. The molecule has 1 amide bonds. The van der Waals surface area contributed by atoms with Gasteiger partial charge >= 0.3 is 0 Å². The molecular weight excluding hydrogens is 331 g/mol. The van der Waals surface area contributed by atoms with Gasteiger partial charge in [-0.3, -0.25) is 4.79 Å². The fourth-order valence-corrected chi connectivity index (χ4v) is 3.29. The molecule has 0 N–H and O–H groups in total. The van der Waals surface area contributed by atoms with Crippen molar-refractivity contribution < 1.29 is 9.18 Å². The number of pyridine rings is 1. The molecule has 130 valence electrons. The van der Waals surface area contributed by atoms with Crippen LogP contribution in [0.2, 0.25) is 0 Å². The molecule has 2 aromatic heterocycles. The van der Waals surface area contributed by atoms with Crippen molar-refractivity contribution in [2.75, 3.05) is 13.1 Å². The monoisotopic (exact) mass is 348 g/mol. The molecule has 3 heterocycles. The van der Waals surface area contributed by atoms with E-state index in [2.05, 4.69) is 11.1 Å². The molecule has 3 aromatic rings. The Morgan fingerprint density at radius 3 is 2.62 bits per heavy atom. The lowest BCUT2D eigenvalue weighted by atomic mass is 10.1. The molecule has 1 aromatic carbocycles. The van der Waals surface area contributed by atoms with Gasteiger partial charge in [-0.15, -0.1) is 0 Å². The minimum Gasteiger partial charge on any atom is -0.337 e. The molecule has 1 saturated heterocycles. The maximum atomic E-state index is 13.3. The average molecular weight is 348 g/mol. The van der Waals surface area contributed by atoms with Gasteiger partial charge in [0.1, 0.15) is 11.9 Å². The van der Waals surface area contributed by atoms with Crippen LogP contribution in [-0.4, -0.2) is 39.6 Å². The Hall–Kier alpha value is -3.20. The Morgan fingerprint density at radius 2 is 1.92 bits per heavy atom. The quantitative estimate of drug-likeness (QED) is 0.712. The molecule has 0 spiro atoms. The molecule has 5 nitrogen and oxygen atoms in total. The third-order valence-electron chi connectivity index (χ3n) is 4.78. The Kier molecular flexibility index (Phi) is 4.13. The largest absolute Gasteiger partial charge is 0.337 e. The van der Waals surface area contributed by atoms with Crippen molar-refractivity contribution in [1.82, 2.24) is 14.5 Å². The van der Waals surface area contributed by atoms with E-state index in [0.29, 0.717) is 37.2 Å². The number of carbonyl (C=O) groups excluding carboxylic acids is 1. The van der Waals surface area contributed by atoms with E-state index >= 15 is 0 Å². The van der Waals surface area contributed by atoms with E-state index in [0.717, 1.165) is 16.6 Å². The van der Waals surface area contributed by atoms with E-state index in [9.17, 15) is 9.18 Å². The van der Waals surface area contributed by atoms with Gasteiger partial charge in [-0.2, -0.15) is 5.26 Å².